The average molecular weight is 387 g/mol. The van der Waals surface area contributed by atoms with E-state index in [0.717, 1.165) is 32.6 Å². The van der Waals surface area contributed by atoms with E-state index in [2.05, 4.69) is 17.1 Å². The molecule has 0 saturated heterocycles. The summed E-state index contributed by atoms with van der Waals surface area (Å²) in [6.07, 6.45) is 0. The first-order chi connectivity index (χ1) is 13.6. The zero-order valence-electron chi connectivity index (χ0n) is 14.7. The van der Waals surface area contributed by atoms with E-state index < -0.39 is 5.97 Å². The Morgan fingerprint density at radius 3 is 2.61 bits per heavy atom. The first-order valence-corrected chi connectivity index (χ1v) is 9.18. The van der Waals surface area contributed by atoms with Crippen LogP contribution in [0.4, 0.5) is 5.69 Å². The van der Waals surface area contributed by atoms with Crippen LogP contribution in [0.3, 0.4) is 0 Å². The smallest absolute Gasteiger partial charge is 0.343 e. The minimum atomic E-state index is -0.442. The molecule has 0 aliphatic rings. The number of aromatic nitrogens is 1. The summed E-state index contributed by atoms with van der Waals surface area (Å²) in [5.74, 6) is 0.0337. The maximum absolute atomic E-state index is 12.4. The number of carbonyl (C=O) groups is 1. The third kappa shape index (κ3) is 2.75. The van der Waals surface area contributed by atoms with Gasteiger partial charge in [-0.1, -0.05) is 35.9 Å². The fraction of sp³-hybridized carbons (Fsp3) is 0. The van der Waals surface area contributed by atoms with Gasteiger partial charge >= 0.3 is 5.97 Å². The predicted molar refractivity (Wildman–Crippen MR) is 114 cm³/mol. The van der Waals surface area contributed by atoms with Gasteiger partial charge in [-0.25, -0.2) is 4.79 Å². The number of nitrogens with two attached hydrogens (primary N) is 1. The fourth-order valence-electron chi connectivity index (χ4n) is 3.54. The minimum absolute atomic E-state index is 0.415. The number of carbonyl (C=O) groups excluding carboxylic acids is 1. The van der Waals surface area contributed by atoms with E-state index in [1.807, 2.05) is 30.3 Å². The molecule has 1 aromatic heterocycles. The fourth-order valence-corrected chi connectivity index (χ4v) is 3.71. The molecular weight excluding hydrogens is 372 g/mol. The number of aromatic amines is 1. The number of nitrogens with one attached hydrogen (secondary N) is 1. The number of esters is 1. The quantitative estimate of drug-likeness (QED) is 0.224. The Labute approximate surface area is 165 Å². The molecule has 136 valence electrons. The van der Waals surface area contributed by atoms with Gasteiger partial charge in [-0.05, 0) is 53.9 Å². The Hall–Kier alpha value is -3.50. The molecule has 3 N–H and O–H groups in total. The van der Waals surface area contributed by atoms with Gasteiger partial charge in [-0.3, -0.25) is 0 Å². The summed E-state index contributed by atoms with van der Waals surface area (Å²) in [5.41, 5.74) is 8.68. The van der Waals surface area contributed by atoms with Crippen molar-refractivity contribution in [3.63, 3.8) is 0 Å². The summed E-state index contributed by atoms with van der Waals surface area (Å²) in [6, 6.07) is 22.2. The predicted octanol–water partition coefficient (Wildman–Crippen LogP) is 5.93. The largest absolute Gasteiger partial charge is 0.423 e. The average Bonchev–Trinajstić information content (AvgIpc) is 3.06. The molecule has 0 spiro atoms. The van der Waals surface area contributed by atoms with Crippen LogP contribution >= 0.6 is 11.6 Å². The van der Waals surface area contributed by atoms with E-state index in [0.29, 0.717) is 22.0 Å². The van der Waals surface area contributed by atoms with Crippen molar-refractivity contribution in [1.29, 1.82) is 0 Å². The highest BCUT2D eigenvalue weighted by Crippen LogP contribution is 2.34. The Balaban J connectivity index is 1.62. The van der Waals surface area contributed by atoms with Crippen LogP contribution < -0.4 is 10.5 Å². The highest BCUT2D eigenvalue weighted by molar-refractivity contribution is 6.32. The number of hydrogen-bond acceptors (Lipinski definition) is 3. The molecule has 0 atom stereocenters. The second-order valence-corrected chi connectivity index (χ2v) is 7.14. The normalized spacial score (nSPS) is 11.3. The zero-order chi connectivity index (χ0) is 19.3. The summed E-state index contributed by atoms with van der Waals surface area (Å²) < 4.78 is 5.58. The van der Waals surface area contributed by atoms with Gasteiger partial charge in [-0.15, -0.1) is 0 Å². The van der Waals surface area contributed by atoms with Crippen molar-refractivity contribution in [3.05, 3.63) is 83.4 Å². The van der Waals surface area contributed by atoms with Crippen LogP contribution in [0, 0.1) is 0 Å². The van der Waals surface area contributed by atoms with Crippen LogP contribution in [0.1, 0.15) is 10.4 Å². The lowest BCUT2D eigenvalue weighted by Gasteiger charge is -2.07. The third-order valence-corrected chi connectivity index (χ3v) is 5.09. The number of ether oxygens (including phenoxy) is 1. The summed E-state index contributed by atoms with van der Waals surface area (Å²) in [4.78, 5) is 15.9. The van der Waals surface area contributed by atoms with E-state index in [1.54, 1.807) is 30.3 Å². The Kier molecular flexibility index (Phi) is 3.74. The maximum atomic E-state index is 12.4. The Morgan fingerprint density at radius 1 is 0.893 bits per heavy atom. The van der Waals surface area contributed by atoms with Gasteiger partial charge in [0.2, 0.25) is 0 Å². The number of anilines is 1. The van der Waals surface area contributed by atoms with Gasteiger partial charge < -0.3 is 15.5 Å². The van der Waals surface area contributed by atoms with Crippen LogP contribution in [0.25, 0.3) is 32.6 Å². The highest BCUT2D eigenvalue weighted by Gasteiger charge is 2.12. The molecule has 1 heterocycles. The third-order valence-electron chi connectivity index (χ3n) is 4.86. The molecule has 0 amide bonds. The summed E-state index contributed by atoms with van der Waals surface area (Å²) >= 11 is 6.17. The number of halogens is 1. The second kappa shape index (κ2) is 6.29. The molecule has 0 fully saturated rings. The van der Waals surface area contributed by atoms with Gasteiger partial charge in [0.25, 0.3) is 0 Å². The lowest BCUT2D eigenvalue weighted by Crippen LogP contribution is -2.08. The van der Waals surface area contributed by atoms with Crippen molar-refractivity contribution in [1.82, 2.24) is 4.98 Å². The zero-order valence-corrected chi connectivity index (χ0v) is 15.5. The molecule has 4 aromatic carbocycles. The number of fused-ring (bicyclic) bond motifs is 5. The number of hydrogen-bond donors (Lipinski definition) is 2. The van der Waals surface area contributed by atoms with Crippen LogP contribution in [0.5, 0.6) is 5.75 Å². The second-order valence-electron chi connectivity index (χ2n) is 6.70. The first kappa shape index (κ1) is 16.7. The molecule has 5 heteroatoms. The molecule has 0 bridgehead atoms. The van der Waals surface area contributed by atoms with Crippen LogP contribution in [0.15, 0.2) is 72.8 Å². The molecule has 4 nitrogen and oxygen atoms in total. The van der Waals surface area contributed by atoms with Crippen LogP contribution in [-0.2, 0) is 0 Å². The summed E-state index contributed by atoms with van der Waals surface area (Å²) in [7, 11) is 0. The van der Waals surface area contributed by atoms with Crippen molar-refractivity contribution in [2.75, 3.05) is 5.73 Å². The molecular formula is C23H15ClN2O2. The van der Waals surface area contributed by atoms with Crippen molar-refractivity contribution in [3.8, 4) is 5.75 Å². The molecule has 28 heavy (non-hydrogen) atoms. The molecule has 0 aliphatic heterocycles. The standard InChI is InChI=1S/C23H15ClN2O2/c24-15-6-9-21-20(11-15)18-8-5-13-4-7-17(12-19(13)22(18)26-21)28-23(27)14-2-1-3-16(25)10-14/h1-12,26H,25H2. The van der Waals surface area contributed by atoms with E-state index >= 15 is 0 Å². The topological polar surface area (TPSA) is 68.1 Å². The van der Waals surface area contributed by atoms with E-state index in [4.69, 9.17) is 22.1 Å². The maximum Gasteiger partial charge on any atom is 0.343 e. The number of H-pyrrole nitrogens is 1. The molecule has 0 saturated carbocycles. The van der Waals surface area contributed by atoms with Crippen molar-refractivity contribution >= 4 is 55.8 Å². The van der Waals surface area contributed by atoms with Gasteiger partial charge in [0.15, 0.2) is 0 Å². The molecule has 0 unspecified atom stereocenters. The van der Waals surface area contributed by atoms with Gasteiger partial charge in [0, 0.05) is 32.4 Å². The van der Waals surface area contributed by atoms with E-state index in [9.17, 15) is 4.79 Å². The van der Waals surface area contributed by atoms with Crippen molar-refractivity contribution in [2.45, 2.75) is 0 Å². The van der Waals surface area contributed by atoms with Gasteiger partial charge in [-0.2, -0.15) is 0 Å². The molecule has 0 radical (unpaired) electrons. The Bertz CT molecular complexity index is 1390. The lowest BCUT2D eigenvalue weighted by molar-refractivity contribution is 0.0735. The van der Waals surface area contributed by atoms with Gasteiger partial charge in [0.05, 0.1) is 11.1 Å². The summed E-state index contributed by atoms with van der Waals surface area (Å²) in [5, 5.41) is 4.85. The van der Waals surface area contributed by atoms with Crippen LogP contribution in [0.2, 0.25) is 5.02 Å². The van der Waals surface area contributed by atoms with E-state index in [1.165, 1.54) is 0 Å². The lowest BCUT2D eigenvalue weighted by atomic mass is 10.1. The SMILES string of the molecule is Nc1cccc(C(=O)Oc2ccc3ccc4c5cc(Cl)ccc5[nH]c4c3c2)c1. The number of benzene rings is 4. The Morgan fingerprint density at radius 2 is 1.75 bits per heavy atom. The molecule has 0 aliphatic carbocycles. The molecule has 5 aromatic rings. The van der Waals surface area contributed by atoms with E-state index in [-0.39, 0.29) is 0 Å². The monoisotopic (exact) mass is 386 g/mol. The van der Waals surface area contributed by atoms with Crippen molar-refractivity contribution in [2.24, 2.45) is 0 Å². The van der Waals surface area contributed by atoms with Crippen molar-refractivity contribution < 1.29 is 9.53 Å². The van der Waals surface area contributed by atoms with Crippen LogP contribution in [-0.4, -0.2) is 11.0 Å². The molecule has 5 rings (SSSR count). The first-order valence-electron chi connectivity index (χ1n) is 8.80. The minimum Gasteiger partial charge on any atom is -0.423 e. The number of rotatable bonds is 2. The highest BCUT2D eigenvalue weighted by atomic mass is 35.5. The number of nitrogen functional groups attached to an aromatic ring is 1. The summed E-state index contributed by atoms with van der Waals surface area (Å²) in [6.45, 7) is 0. The van der Waals surface area contributed by atoms with Gasteiger partial charge in [0.1, 0.15) is 5.75 Å².